The highest BCUT2D eigenvalue weighted by atomic mass is 19.1. The summed E-state index contributed by atoms with van der Waals surface area (Å²) in [5.41, 5.74) is 1.20. The van der Waals surface area contributed by atoms with Gasteiger partial charge in [-0.1, -0.05) is 30.3 Å². The average Bonchev–Trinajstić information content (AvgIpc) is 2.51. The number of likely N-dealkylation sites (N-methyl/N-ethyl adjacent to an activating group) is 1. The van der Waals surface area contributed by atoms with E-state index in [0.717, 1.165) is 0 Å². The predicted molar refractivity (Wildman–Crippen MR) is 89.0 cm³/mol. The second kappa shape index (κ2) is 8.29. The summed E-state index contributed by atoms with van der Waals surface area (Å²) in [6.07, 6.45) is 0. The molecule has 0 atom stereocenters. The van der Waals surface area contributed by atoms with Crippen molar-refractivity contribution in [2.75, 3.05) is 25.5 Å². The van der Waals surface area contributed by atoms with E-state index in [4.69, 9.17) is 4.74 Å². The van der Waals surface area contributed by atoms with Crippen molar-refractivity contribution in [1.29, 1.82) is 0 Å². The predicted octanol–water partition coefficient (Wildman–Crippen LogP) is 3.29. The van der Waals surface area contributed by atoms with Gasteiger partial charge in [0, 0.05) is 12.1 Å². The molecule has 0 aromatic heterocycles. The van der Waals surface area contributed by atoms with Crippen LogP contribution in [0.3, 0.4) is 0 Å². The van der Waals surface area contributed by atoms with Crippen molar-refractivity contribution < 1.29 is 13.9 Å². The maximum atomic E-state index is 13.6. The zero-order valence-electron chi connectivity index (χ0n) is 13.4. The third kappa shape index (κ3) is 5.07. The summed E-state index contributed by atoms with van der Waals surface area (Å²) in [6.45, 7) is 2.95. The maximum Gasteiger partial charge on any atom is 0.238 e. The fourth-order valence-corrected chi connectivity index (χ4v) is 2.26. The summed E-state index contributed by atoms with van der Waals surface area (Å²) < 4.78 is 19.1. The molecule has 0 radical (unpaired) electrons. The van der Waals surface area contributed by atoms with Crippen LogP contribution in [0.5, 0.6) is 5.75 Å². The van der Waals surface area contributed by atoms with Crippen molar-refractivity contribution >= 4 is 11.6 Å². The number of rotatable bonds is 7. The molecule has 0 aliphatic heterocycles. The van der Waals surface area contributed by atoms with Crippen molar-refractivity contribution in [1.82, 2.24) is 4.90 Å². The van der Waals surface area contributed by atoms with Crippen LogP contribution in [0.4, 0.5) is 10.1 Å². The van der Waals surface area contributed by atoms with Gasteiger partial charge in [-0.25, -0.2) is 4.39 Å². The molecule has 5 heteroatoms. The average molecular weight is 316 g/mol. The van der Waals surface area contributed by atoms with Gasteiger partial charge in [-0.3, -0.25) is 9.69 Å². The Kier molecular flexibility index (Phi) is 6.11. The topological polar surface area (TPSA) is 41.6 Å². The van der Waals surface area contributed by atoms with Crippen LogP contribution in [0.2, 0.25) is 0 Å². The molecule has 23 heavy (non-hydrogen) atoms. The van der Waals surface area contributed by atoms with E-state index in [-0.39, 0.29) is 18.3 Å². The first-order chi connectivity index (χ1) is 11.1. The quantitative estimate of drug-likeness (QED) is 0.852. The van der Waals surface area contributed by atoms with Gasteiger partial charge in [0.15, 0.2) is 0 Å². The second-order valence-corrected chi connectivity index (χ2v) is 5.24. The van der Waals surface area contributed by atoms with Crippen molar-refractivity contribution in [2.45, 2.75) is 13.5 Å². The smallest absolute Gasteiger partial charge is 0.238 e. The lowest BCUT2D eigenvalue weighted by atomic mass is 10.2. The SMILES string of the molecule is CCOc1ccccc1NC(=O)CN(C)Cc1ccccc1F. The van der Waals surface area contributed by atoms with Gasteiger partial charge in [0.2, 0.25) is 5.91 Å². The Morgan fingerprint density at radius 1 is 1.17 bits per heavy atom. The van der Waals surface area contributed by atoms with Crippen LogP contribution in [0.15, 0.2) is 48.5 Å². The van der Waals surface area contributed by atoms with Gasteiger partial charge in [-0.15, -0.1) is 0 Å². The van der Waals surface area contributed by atoms with E-state index in [1.54, 1.807) is 36.2 Å². The zero-order chi connectivity index (χ0) is 16.7. The lowest BCUT2D eigenvalue weighted by Crippen LogP contribution is -2.30. The van der Waals surface area contributed by atoms with Gasteiger partial charge in [-0.05, 0) is 32.2 Å². The zero-order valence-corrected chi connectivity index (χ0v) is 13.4. The van der Waals surface area contributed by atoms with E-state index in [1.807, 2.05) is 25.1 Å². The van der Waals surface area contributed by atoms with Gasteiger partial charge < -0.3 is 10.1 Å². The number of nitrogens with one attached hydrogen (secondary N) is 1. The molecule has 1 amide bonds. The summed E-state index contributed by atoms with van der Waals surface area (Å²) in [6, 6.07) is 13.9. The van der Waals surface area contributed by atoms with Crippen LogP contribution >= 0.6 is 0 Å². The van der Waals surface area contributed by atoms with Gasteiger partial charge in [0.05, 0.1) is 18.8 Å². The Labute approximate surface area is 135 Å². The summed E-state index contributed by atoms with van der Waals surface area (Å²) in [5.74, 6) is 0.206. The van der Waals surface area contributed by atoms with Crippen molar-refractivity contribution in [3.05, 3.63) is 59.9 Å². The summed E-state index contributed by atoms with van der Waals surface area (Å²) in [4.78, 5) is 13.9. The Morgan fingerprint density at radius 2 is 1.87 bits per heavy atom. The third-order valence-electron chi connectivity index (χ3n) is 3.27. The Bertz CT molecular complexity index is 661. The summed E-state index contributed by atoms with van der Waals surface area (Å²) in [7, 11) is 1.78. The van der Waals surface area contributed by atoms with Gasteiger partial charge in [-0.2, -0.15) is 0 Å². The number of carbonyl (C=O) groups is 1. The van der Waals surface area contributed by atoms with Crippen LogP contribution in [-0.4, -0.2) is 31.0 Å². The second-order valence-electron chi connectivity index (χ2n) is 5.24. The van der Waals surface area contributed by atoms with Crippen LogP contribution in [0.1, 0.15) is 12.5 Å². The van der Waals surface area contributed by atoms with E-state index in [2.05, 4.69) is 5.32 Å². The monoisotopic (exact) mass is 316 g/mol. The molecule has 0 unspecified atom stereocenters. The highest BCUT2D eigenvalue weighted by molar-refractivity contribution is 5.93. The number of para-hydroxylation sites is 2. The van der Waals surface area contributed by atoms with Crippen molar-refractivity contribution in [2.24, 2.45) is 0 Å². The number of halogens is 1. The van der Waals surface area contributed by atoms with E-state index >= 15 is 0 Å². The number of anilines is 1. The lowest BCUT2D eigenvalue weighted by Gasteiger charge is -2.17. The van der Waals surface area contributed by atoms with E-state index < -0.39 is 0 Å². The Morgan fingerprint density at radius 3 is 2.61 bits per heavy atom. The van der Waals surface area contributed by atoms with Crippen LogP contribution < -0.4 is 10.1 Å². The molecule has 122 valence electrons. The molecule has 0 fully saturated rings. The molecule has 0 aliphatic rings. The largest absolute Gasteiger partial charge is 0.492 e. The highest BCUT2D eigenvalue weighted by Crippen LogP contribution is 2.23. The van der Waals surface area contributed by atoms with Crippen molar-refractivity contribution in [3.8, 4) is 5.75 Å². The number of hydrogen-bond donors (Lipinski definition) is 1. The van der Waals surface area contributed by atoms with Gasteiger partial charge in [0.1, 0.15) is 11.6 Å². The highest BCUT2D eigenvalue weighted by Gasteiger charge is 2.11. The van der Waals surface area contributed by atoms with Crippen molar-refractivity contribution in [3.63, 3.8) is 0 Å². The minimum Gasteiger partial charge on any atom is -0.492 e. The number of benzene rings is 2. The first-order valence-corrected chi connectivity index (χ1v) is 7.53. The number of nitrogens with zero attached hydrogens (tertiary/aromatic N) is 1. The lowest BCUT2D eigenvalue weighted by molar-refractivity contribution is -0.117. The number of amides is 1. The molecule has 0 aliphatic carbocycles. The Balaban J connectivity index is 1.93. The standard InChI is InChI=1S/C18H21FN2O2/c1-3-23-17-11-7-6-10-16(17)20-18(22)13-21(2)12-14-8-4-5-9-15(14)19/h4-11H,3,12-13H2,1-2H3,(H,20,22). The van der Waals surface area contributed by atoms with Gasteiger partial charge in [0.25, 0.3) is 0 Å². The first kappa shape index (κ1) is 17.0. The molecule has 0 bridgehead atoms. The fourth-order valence-electron chi connectivity index (χ4n) is 2.26. The summed E-state index contributed by atoms with van der Waals surface area (Å²) >= 11 is 0. The molecule has 0 saturated carbocycles. The van der Waals surface area contributed by atoms with Crippen LogP contribution in [0.25, 0.3) is 0 Å². The molecule has 4 nitrogen and oxygen atoms in total. The molecule has 0 spiro atoms. The minimum atomic E-state index is -0.263. The molecule has 0 heterocycles. The summed E-state index contributed by atoms with van der Waals surface area (Å²) in [5, 5.41) is 2.83. The maximum absolute atomic E-state index is 13.6. The normalized spacial score (nSPS) is 10.6. The molecule has 2 rings (SSSR count). The number of carbonyl (C=O) groups excluding carboxylic acids is 1. The fraction of sp³-hybridized carbons (Fsp3) is 0.278. The first-order valence-electron chi connectivity index (χ1n) is 7.53. The minimum absolute atomic E-state index is 0.162. The number of hydrogen-bond acceptors (Lipinski definition) is 3. The van der Waals surface area contributed by atoms with E-state index in [1.165, 1.54) is 6.07 Å². The van der Waals surface area contributed by atoms with E-state index in [9.17, 15) is 9.18 Å². The molecule has 0 saturated heterocycles. The van der Waals surface area contributed by atoms with E-state index in [0.29, 0.717) is 30.2 Å². The molecular weight excluding hydrogens is 295 g/mol. The molecule has 2 aromatic carbocycles. The molecular formula is C18H21FN2O2. The molecule has 2 aromatic rings. The number of ether oxygens (including phenoxy) is 1. The Hall–Kier alpha value is -2.40. The van der Waals surface area contributed by atoms with Crippen LogP contribution in [-0.2, 0) is 11.3 Å². The van der Waals surface area contributed by atoms with Crippen LogP contribution in [0, 0.1) is 5.82 Å². The molecule has 1 N–H and O–H groups in total. The van der Waals surface area contributed by atoms with Gasteiger partial charge >= 0.3 is 0 Å². The third-order valence-corrected chi connectivity index (χ3v) is 3.27.